The summed E-state index contributed by atoms with van der Waals surface area (Å²) in [4.78, 5) is 18.4. The maximum absolute atomic E-state index is 12.2. The molecule has 0 aliphatic carbocycles. The number of hydrogen-bond donors (Lipinski definition) is 2. The molecule has 2 aromatic rings. The maximum Gasteiger partial charge on any atom is 0.239 e. The molecular weight excluding hydrogens is 288 g/mol. The van der Waals surface area contributed by atoms with E-state index in [2.05, 4.69) is 10.3 Å². The van der Waals surface area contributed by atoms with Crippen molar-refractivity contribution in [3.63, 3.8) is 0 Å². The third-order valence-corrected chi connectivity index (χ3v) is 3.29. The molecule has 0 saturated heterocycles. The number of benzene rings is 1. The van der Waals surface area contributed by atoms with E-state index in [1.807, 2.05) is 67.4 Å². The normalized spacial score (nSPS) is 11.1. The molecule has 0 radical (unpaired) electrons. The predicted octanol–water partition coefficient (Wildman–Crippen LogP) is 1.94. The second-order valence-corrected chi connectivity index (χ2v) is 6.32. The van der Waals surface area contributed by atoms with Gasteiger partial charge in [-0.15, -0.1) is 0 Å². The molecule has 1 amide bonds. The number of carbonyl (C=O) groups excluding carboxylic acids is 1. The Morgan fingerprint density at radius 2 is 1.96 bits per heavy atom. The number of hydrogen-bond acceptors (Lipinski definition) is 4. The lowest BCUT2D eigenvalue weighted by molar-refractivity contribution is -0.120. The molecule has 5 heteroatoms. The average Bonchev–Trinajstić information content (AvgIpc) is 2.53. The molecule has 1 heterocycles. The first-order chi connectivity index (χ1) is 10.9. The van der Waals surface area contributed by atoms with Gasteiger partial charge in [0.2, 0.25) is 5.91 Å². The first-order valence-corrected chi connectivity index (χ1v) is 7.68. The second kappa shape index (κ2) is 7.74. The quantitative estimate of drug-likeness (QED) is 0.819. The summed E-state index contributed by atoms with van der Waals surface area (Å²) in [5.41, 5.74) is 7.55. The zero-order valence-corrected chi connectivity index (χ0v) is 13.7. The lowest BCUT2D eigenvalue weighted by Crippen LogP contribution is -2.47. The fourth-order valence-electron chi connectivity index (χ4n) is 2.14. The van der Waals surface area contributed by atoms with Gasteiger partial charge >= 0.3 is 0 Å². The number of para-hydroxylation sites is 1. The van der Waals surface area contributed by atoms with Crippen LogP contribution >= 0.6 is 0 Å². The molecule has 3 N–H and O–H groups in total. The molecule has 0 saturated carbocycles. The van der Waals surface area contributed by atoms with Crippen LogP contribution in [0.15, 0.2) is 54.9 Å². The van der Waals surface area contributed by atoms with Gasteiger partial charge in [0.1, 0.15) is 0 Å². The van der Waals surface area contributed by atoms with Crippen LogP contribution in [0.3, 0.4) is 0 Å². The molecule has 1 aromatic carbocycles. The van der Waals surface area contributed by atoms with Crippen molar-refractivity contribution in [2.45, 2.75) is 25.9 Å². The SMILES string of the molecule is CC(C)(N)CNC(=O)CN(Cc1cccnc1)c1ccccc1. The maximum atomic E-state index is 12.2. The van der Waals surface area contributed by atoms with E-state index >= 15 is 0 Å². The Bertz CT molecular complexity index is 608. The number of nitrogens with two attached hydrogens (primary N) is 1. The number of amides is 1. The highest BCUT2D eigenvalue weighted by Gasteiger charge is 2.15. The van der Waals surface area contributed by atoms with Crippen molar-refractivity contribution in [2.24, 2.45) is 5.73 Å². The number of carbonyl (C=O) groups is 1. The van der Waals surface area contributed by atoms with Gasteiger partial charge in [0.05, 0.1) is 6.54 Å². The van der Waals surface area contributed by atoms with Crippen molar-refractivity contribution in [3.8, 4) is 0 Å². The minimum Gasteiger partial charge on any atom is -0.358 e. The zero-order chi connectivity index (χ0) is 16.7. The van der Waals surface area contributed by atoms with E-state index in [9.17, 15) is 4.79 Å². The molecule has 23 heavy (non-hydrogen) atoms. The van der Waals surface area contributed by atoms with E-state index in [-0.39, 0.29) is 12.5 Å². The third-order valence-electron chi connectivity index (χ3n) is 3.29. The van der Waals surface area contributed by atoms with Gasteiger partial charge in [-0.05, 0) is 37.6 Å². The number of anilines is 1. The van der Waals surface area contributed by atoms with Crippen molar-refractivity contribution < 1.29 is 4.79 Å². The lowest BCUT2D eigenvalue weighted by atomic mass is 10.1. The second-order valence-electron chi connectivity index (χ2n) is 6.32. The van der Waals surface area contributed by atoms with Gasteiger partial charge in [0.25, 0.3) is 0 Å². The van der Waals surface area contributed by atoms with E-state index in [1.165, 1.54) is 0 Å². The molecular formula is C18H24N4O. The van der Waals surface area contributed by atoms with Crippen LogP contribution in [0, 0.1) is 0 Å². The number of aromatic nitrogens is 1. The fraction of sp³-hybridized carbons (Fsp3) is 0.333. The van der Waals surface area contributed by atoms with Crippen molar-refractivity contribution >= 4 is 11.6 Å². The summed E-state index contributed by atoms with van der Waals surface area (Å²) in [5, 5.41) is 2.89. The Morgan fingerprint density at radius 3 is 2.57 bits per heavy atom. The topological polar surface area (TPSA) is 71.2 Å². The highest BCUT2D eigenvalue weighted by molar-refractivity contribution is 5.81. The van der Waals surface area contributed by atoms with E-state index < -0.39 is 5.54 Å². The molecule has 0 atom stereocenters. The largest absolute Gasteiger partial charge is 0.358 e. The van der Waals surface area contributed by atoms with Gasteiger partial charge in [-0.25, -0.2) is 0 Å². The van der Waals surface area contributed by atoms with Gasteiger partial charge < -0.3 is 16.0 Å². The van der Waals surface area contributed by atoms with Gasteiger partial charge in [-0.1, -0.05) is 24.3 Å². The average molecular weight is 312 g/mol. The van der Waals surface area contributed by atoms with Crippen molar-refractivity contribution in [1.82, 2.24) is 10.3 Å². The Morgan fingerprint density at radius 1 is 1.22 bits per heavy atom. The highest BCUT2D eigenvalue weighted by atomic mass is 16.2. The van der Waals surface area contributed by atoms with Crippen LogP contribution in [0.5, 0.6) is 0 Å². The number of pyridine rings is 1. The van der Waals surface area contributed by atoms with Crippen LogP contribution in [0.2, 0.25) is 0 Å². The molecule has 0 aliphatic rings. The number of nitrogens with one attached hydrogen (secondary N) is 1. The van der Waals surface area contributed by atoms with Crippen LogP contribution < -0.4 is 16.0 Å². The lowest BCUT2D eigenvalue weighted by Gasteiger charge is -2.25. The summed E-state index contributed by atoms with van der Waals surface area (Å²) in [6, 6.07) is 13.8. The fourth-order valence-corrected chi connectivity index (χ4v) is 2.14. The molecule has 0 spiro atoms. The molecule has 0 unspecified atom stereocenters. The smallest absolute Gasteiger partial charge is 0.239 e. The summed E-state index contributed by atoms with van der Waals surface area (Å²) in [6.07, 6.45) is 3.56. The molecule has 5 nitrogen and oxygen atoms in total. The van der Waals surface area contributed by atoms with E-state index in [0.29, 0.717) is 13.1 Å². The van der Waals surface area contributed by atoms with Crippen molar-refractivity contribution in [3.05, 3.63) is 60.4 Å². The summed E-state index contributed by atoms with van der Waals surface area (Å²) in [6.45, 7) is 5.11. The Kier molecular flexibility index (Phi) is 5.71. The Balaban J connectivity index is 2.06. The van der Waals surface area contributed by atoms with Crippen LogP contribution in [0.1, 0.15) is 19.4 Å². The molecule has 0 fully saturated rings. The molecule has 2 rings (SSSR count). The predicted molar refractivity (Wildman–Crippen MR) is 93.0 cm³/mol. The monoisotopic (exact) mass is 312 g/mol. The molecule has 0 aliphatic heterocycles. The van der Waals surface area contributed by atoms with Crippen molar-refractivity contribution in [1.29, 1.82) is 0 Å². The molecule has 122 valence electrons. The van der Waals surface area contributed by atoms with Gasteiger partial charge in [0.15, 0.2) is 0 Å². The minimum atomic E-state index is -0.420. The van der Waals surface area contributed by atoms with Crippen molar-refractivity contribution in [2.75, 3.05) is 18.0 Å². The first kappa shape index (κ1) is 17.0. The summed E-state index contributed by atoms with van der Waals surface area (Å²) < 4.78 is 0. The van der Waals surface area contributed by atoms with Gasteiger partial charge in [-0.3, -0.25) is 9.78 Å². The van der Waals surface area contributed by atoms with Crippen LogP contribution in [0.4, 0.5) is 5.69 Å². The first-order valence-electron chi connectivity index (χ1n) is 7.68. The highest BCUT2D eigenvalue weighted by Crippen LogP contribution is 2.16. The zero-order valence-electron chi connectivity index (χ0n) is 13.7. The van der Waals surface area contributed by atoms with E-state index in [0.717, 1.165) is 11.3 Å². The van der Waals surface area contributed by atoms with E-state index in [1.54, 1.807) is 6.20 Å². The Labute approximate surface area is 137 Å². The van der Waals surface area contributed by atoms with Gasteiger partial charge in [0, 0.05) is 36.7 Å². The van der Waals surface area contributed by atoms with Gasteiger partial charge in [-0.2, -0.15) is 0 Å². The summed E-state index contributed by atoms with van der Waals surface area (Å²) >= 11 is 0. The molecule has 0 bridgehead atoms. The van der Waals surface area contributed by atoms with E-state index in [4.69, 9.17) is 5.73 Å². The van der Waals surface area contributed by atoms with Crippen LogP contribution in [-0.2, 0) is 11.3 Å². The standard InChI is InChI=1S/C18H24N4O/c1-18(2,19)14-21-17(23)13-22(16-8-4-3-5-9-16)12-15-7-6-10-20-11-15/h3-11H,12-14,19H2,1-2H3,(H,21,23). The van der Waals surface area contributed by atoms with Crippen LogP contribution in [-0.4, -0.2) is 29.5 Å². The third kappa shape index (κ3) is 6.08. The summed E-state index contributed by atoms with van der Waals surface area (Å²) in [7, 11) is 0. The summed E-state index contributed by atoms with van der Waals surface area (Å²) in [5.74, 6) is -0.0451. The minimum absolute atomic E-state index is 0.0451. The number of rotatable bonds is 7. The Hall–Kier alpha value is -2.40. The van der Waals surface area contributed by atoms with Crippen LogP contribution in [0.25, 0.3) is 0 Å². The molecule has 1 aromatic heterocycles. The number of nitrogens with zero attached hydrogens (tertiary/aromatic N) is 2.